The van der Waals surface area contributed by atoms with Crippen LogP contribution in [-0.4, -0.2) is 40.3 Å². The summed E-state index contributed by atoms with van der Waals surface area (Å²) in [5.74, 6) is -0.795. The fraction of sp³-hybridized carbons (Fsp3) is 0.900. The van der Waals surface area contributed by atoms with Gasteiger partial charge in [-0.3, -0.25) is 4.79 Å². The van der Waals surface area contributed by atoms with Crippen LogP contribution in [0.1, 0.15) is 25.7 Å². The molecule has 0 aromatic rings. The number of nitrogens with two attached hydrogens (primary N) is 2. The van der Waals surface area contributed by atoms with Crippen LogP contribution < -0.4 is 11.5 Å². The molecule has 1 fully saturated rings. The number of carboxylic acid groups (broad SMARTS) is 1. The summed E-state index contributed by atoms with van der Waals surface area (Å²) in [6.07, 6.45) is 2.41. The van der Waals surface area contributed by atoms with E-state index in [2.05, 4.69) is 0 Å². The van der Waals surface area contributed by atoms with Gasteiger partial charge in [-0.1, -0.05) is 6.42 Å². The minimum atomic E-state index is -1.34. The van der Waals surface area contributed by atoms with E-state index in [0.29, 0.717) is 25.8 Å². The third-order valence-electron chi connectivity index (χ3n) is 3.56. The molecule has 3 atom stereocenters. The van der Waals surface area contributed by atoms with Gasteiger partial charge in [-0.2, -0.15) is 0 Å². The number of hydrogen-bond acceptors (Lipinski definition) is 5. The summed E-state index contributed by atoms with van der Waals surface area (Å²) in [7, 11) is -1.34. The van der Waals surface area contributed by atoms with Gasteiger partial charge in [0, 0.05) is 0 Å². The van der Waals surface area contributed by atoms with Crippen LogP contribution in [0.4, 0.5) is 0 Å². The maximum absolute atomic E-state index is 11.2. The number of halogens is 2. The first-order valence-electron chi connectivity index (χ1n) is 5.96. The third-order valence-corrected chi connectivity index (χ3v) is 3.56. The Morgan fingerprint density at radius 2 is 1.79 bits per heavy atom. The van der Waals surface area contributed by atoms with Gasteiger partial charge in [0.15, 0.2) is 0 Å². The van der Waals surface area contributed by atoms with Crippen molar-refractivity contribution < 1.29 is 19.9 Å². The lowest BCUT2D eigenvalue weighted by molar-refractivity contribution is -0.146. The van der Waals surface area contributed by atoms with Crippen LogP contribution in [0.15, 0.2) is 0 Å². The highest BCUT2D eigenvalue weighted by molar-refractivity contribution is 6.40. The maximum atomic E-state index is 11.2. The van der Waals surface area contributed by atoms with Crippen LogP contribution in [0.3, 0.4) is 0 Å². The number of rotatable bonds is 5. The number of carboxylic acids is 1. The summed E-state index contributed by atoms with van der Waals surface area (Å²) >= 11 is 0. The second-order valence-electron chi connectivity index (χ2n) is 5.13. The lowest BCUT2D eigenvalue weighted by Crippen LogP contribution is -2.54. The van der Waals surface area contributed by atoms with E-state index < -0.39 is 18.6 Å². The van der Waals surface area contributed by atoms with Gasteiger partial charge in [0.2, 0.25) is 0 Å². The highest BCUT2D eigenvalue weighted by Gasteiger charge is 2.42. The number of hydrogen-bond donors (Lipinski definition) is 5. The molecule has 1 aliphatic carbocycles. The van der Waals surface area contributed by atoms with Gasteiger partial charge < -0.3 is 26.6 Å². The van der Waals surface area contributed by atoms with Gasteiger partial charge in [0.1, 0.15) is 5.54 Å². The quantitative estimate of drug-likeness (QED) is 0.448. The largest absolute Gasteiger partial charge is 0.480 e. The van der Waals surface area contributed by atoms with Gasteiger partial charge in [0.25, 0.3) is 0 Å². The van der Waals surface area contributed by atoms with E-state index in [4.69, 9.17) is 26.6 Å². The molecule has 1 saturated carbocycles. The minimum Gasteiger partial charge on any atom is -0.480 e. The zero-order chi connectivity index (χ0) is 13.1. The Balaban J connectivity index is 0. The van der Waals surface area contributed by atoms with Crippen LogP contribution in [0.2, 0.25) is 6.32 Å². The van der Waals surface area contributed by atoms with Crippen molar-refractivity contribution in [3.05, 3.63) is 0 Å². The fourth-order valence-electron chi connectivity index (χ4n) is 2.71. The number of aliphatic carboxylic acids is 1. The summed E-state index contributed by atoms with van der Waals surface area (Å²) in [6.45, 7) is 0.421. The molecular weight excluding hydrogens is 294 g/mol. The Morgan fingerprint density at radius 3 is 2.21 bits per heavy atom. The van der Waals surface area contributed by atoms with Crippen molar-refractivity contribution in [3.8, 4) is 0 Å². The van der Waals surface area contributed by atoms with E-state index in [9.17, 15) is 4.79 Å². The summed E-state index contributed by atoms with van der Waals surface area (Å²) in [4.78, 5) is 11.2. The van der Waals surface area contributed by atoms with Gasteiger partial charge in [-0.15, -0.1) is 24.8 Å². The predicted molar refractivity (Wildman–Crippen MR) is 78.6 cm³/mol. The molecule has 2 unspecified atom stereocenters. The predicted octanol–water partition coefficient (Wildman–Crippen LogP) is -0.150. The zero-order valence-electron chi connectivity index (χ0n) is 10.7. The molecule has 0 saturated heterocycles. The molecule has 7 N–H and O–H groups in total. The molecule has 9 heteroatoms. The second kappa shape index (κ2) is 8.99. The molecule has 19 heavy (non-hydrogen) atoms. The average molecular weight is 317 g/mol. The van der Waals surface area contributed by atoms with Crippen LogP contribution in [0.5, 0.6) is 0 Å². The maximum Gasteiger partial charge on any atom is 0.451 e. The van der Waals surface area contributed by atoms with Crippen molar-refractivity contribution in [2.24, 2.45) is 23.3 Å². The van der Waals surface area contributed by atoms with E-state index >= 15 is 0 Å². The summed E-state index contributed by atoms with van der Waals surface area (Å²) in [5.41, 5.74) is 10.3. The van der Waals surface area contributed by atoms with E-state index in [-0.39, 0.29) is 43.0 Å². The van der Waals surface area contributed by atoms with E-state index in [0.717, 1.165) is 6.42 Å². The topological polar surface area (TPSA) is 130 Å². The molecule has 114 valence electrons. The summed E-state index contributed by atoms with van der Waals surface area (Å²) in [5, 5.41) is 26.8. The lowest BCUT2D eigenvalue weighted by atomic mass is 9.67. The summed E-state index contributed by atoms with van der Waals surface area (Å²) in [6, 6.07) is 0. The molecule has 0 bridgehead atoms. The lowest BCUT2D eigenvalue weighted by Gasteiger charge is -2.39. The van der Waals surface area contributed by atoms with Crippen LogP contribution in [-0.2, 0) is 4.79 Å². The monoisotopic (exact) mass is 316 g/mol. The van der Waals surface area contributed by atoms with Crippen molar-refractivity contribution >= 4 is 37.9 Å². The third kappa shape index (κ3) is 6.29. The molecule has 0 amide bonds. The van der Waals surface area contributed by atoms with Gasteiger partial charge in [-0.05, 0) is 44.0 Å². The molecule has 1 aliphatic rings. The average Bonchev–Trinajstić information content (AvgIpc) is 2.25. The van der Waals surface area contributed by atoms with Crippen molar-refractivity contribution in [3.63, 3.8) is 0 Å². The fourth-order valence-corrected chi connectivity index (χ4v) is 2.71. The molecule has 0 heterocycles. The van der Waals surface area contributed by atoms with Crippen LogP contribution in [0, 0.1) is 11.8 Å². The van der Waals surface area contributed by atoms with Gasteiger partial charge in [0.05, 0.1) is 0 Å². The smallest absolute Gasteiger partial charge is 0.451 e. The Labute approximate surface area is 125 Å². The highest BCUT2D eigenvalue weighted by Crippen LogP contribution is 2.37. The number of carbonyl (C=O) groups is 1. The first-order chi connectivity index (χ1) is 7.87. The Kier molecular flexibility index (Phi) is 10.1. The molecule has 0 aromatic heterocycles. The van der Waals surface area contributed by atoms with E-state index in [1.165, 1.54) is 0 Å². The molecule has 1 rings (SSSR count). The minimum absolute atomic E-state index is 0. The van der Waals surface area contributed by atoms with Crippen LogP contribution in [0.25, 0.3) is 0 Å². The van der Waals surface area contributed by atoms with Gasteiger partial charge in [-0.25, -0.2) is 0 Å². The van der Waals surface area contributed by atoms with E-state index in [1.54, 1.807) is 0 Å². The van der Waals surface area contributed by atoms with Crippen molar-refractivity contribution in [1.29, 1.82) is 0 Å². The second-order valence-corrected chi connectivity index (χ2v) is 5.13. The van der Waals surface area contributed by atoms with Crippen molar-refractivity contribution in [1.82, 2.24) is 0 Å². The molecule has 0 spiro atoms. The zero-order valence-corrected chi connectivity index (χ0v) is 12.3. The summed E-state index contributed by atoms with van der Waals surface area (Å²) < 4.78 is 0. The van der Waals surface area contributed by atoms with Crippen molar-refractivity contribution in [2.75, 3.05) is 6.54 Å². The molecule has 6 nitrogen and oxygen atoms in total. The molecule has 0 radical (unpaired) electrons. The SMILES string of the molecule is Cl.Cl.NCC1CC(CCB(O)O)C[C@](N)(C(=O)O)C1. The Morgan fingerprint density at radius 1 is 1.26 bits per heavy atom. The van der Waals surface area contributed by atoms with Crippen LogP contribution >= 0.6 is 24.8 Å². The molecular formula is C10H23BCl2N2O4. The van der Waals surface area contributed by atoms with Crippen molar-refractivity contribution in [2.45, 2.75) is 37.5 Å². The first-order valence-corrected chi connectivity index (χ1v) is 5.96. The standard InChI is InChI=1S/C10H21BN2O4.2ClH/c12-6-8-3-7(1-2-11(16)17)4-10(13,5-8)9(14)15;;/h7-8,16-17H,1-6,12-13H2,(H,14,15);2*1H/t7?,8?,10-;;/m1../s1. The Hall–Kier alpha value is -0.0451. The van der Waals surface area contributed by atoms with Gasteiger partial charge >= 0.3 is 13.1 Å². The highest BCUT2D eigenvalue weighted by atomic mass is 35.5. The Bertz CT molecular complexity index is 286. The molecule has 0 aliphatic heterocycles. The molecule has 0 aromatic carbocycles. The van der Waals surface area contributed by atoms with E-state index in [1.807, 2.05) is 0 Å². The normalized spacial score (nSPS) is 29.9. The first kappa shape index (κ1) is 21.3.